The van der Waals surface area contributed by atoms with Crippen LogP contribution in [0.15, 0.2) is 48.4 Å². The van der Waals surface area contributed by atoms with Gasteiger partial charge in [0.15, 0.2) is 0 Å². The van der Waals surface area contributed by atoms with Crippen molar-refractivity contribution in [3.05, 3.63) is 58.5 Å². The van der Waals surface area contributed by atoms with E-state index in [1.54, 1.807) is 6.08 Å². The highest BCUT2D eigenvalue weighted by molar-refractivity contribution is 5.82. The van der Waals surface area contributed by atoms with E-state index >= 15 is 0 Å². The minimum absolute atomic E-state index is 0.228. The Morgan fingerprint density at radius 1 is 1.42 bits per heavy atom. The molecule has 104 valence electrons. The highest BCUT2D eigenvalue weighted by Gasteiger charge is 1.98. The van der Waals surface area contributed by atoms with Gasteiger partial charge >= 0.3 is 5.97 Å². The number of ether oxygens (including phenoxy) is 1. The Hall–Kier alpha value is -2.41. The largest absolute Gasteiger partial charge is 0.466 e. The molecular weight excluding hydrogens is 250 g/mol. The zero-order valence-corrected chi connectivity index (χ0v) is 10.7. The third kappa shape index (κ3) is 9.31. The van der Waals surface area contributed by atoms with Crippen molar-refractivity contribution in [1.29, 1.82) is 0 Å². The maximum Gasteiger partial charge on any atom is 0.330 e. The van der Waals surface area contributed by atoms with E-state index in [1.165, 1.54) is 19.3 Å². The summed E-state index contributed by atoms with van der Waals surface area (Å²) in [7, 11) is 1.22. The number of hydrogen-bond acceptors (Lipinski definition) is 6. The van der Waals surface area contributed by atoms with Crippen molar-refractivity contribution < 1.29 is 14.5 Å². The van der Waals surface area contributed by atoms with Crippen LogP contribution in [-0.2, 0) is 9.53 Å². The first-order valence-electron chi connectivity index (χ1n) is 5.42. The van der Waals surface area contributed by atoms with Crippen molar-refractivity contribution in [3.8, 4) is 0 Å². The van der Waals surface area contributed by atoms with Gasteiger partial charge in [-0.05, 0) is 18.2 Å². The Bertz CT molecular complexity index is 425. The van der Waals surface area contributed by atoms with E-state index in [0.717, 1.165) is 12.3 Å². The SMILES string of the molecule is C=C(/C=C\C(=C[N+](=O)[O-])/C=C/C(=O)OC)NCCN. The Morgan fingerprint density at radius 2 is 2.05 bits per heavy atom. The Labute approximate surface area is 111 Å². The van der Waals surface area contributed by atoms with Gasteiger partial charge in [0.2, 0.25) is 6.20 Å². The van der Waals surface area contributed by atoms with E-state index in [9.17, 15) is 14.9 Å². The van der Waals surface area contributed by atoms with E-state index in [2.05, 4.69) is 16.6 Å². The smallest absolute Gasteiger partial charge is 0.330 e. The van der Waals surface area contributed by atoms with Crippen LogP contribution < -0.4 is 11.1 Å². The molecule has 3 N–H and O–H groups in total. The molecule has 0 heterocycles. The molecule has 0 radical (unpaired) electrons. The van der Waals surface area contributed by atoms with Crippen molar-refractivity contribution in [1.82, 2.24) is 5.32 Å². The third-order valence-corrected chi connectivity index (χ3v) is 1.84. The molecule has 0 bridgehead atoms. The Balaban J connectivity index is 4.74. The van der Waals surface area contributed by atoms with Gasteiger partial charge in [-0.3, -0.25) is 10.1 Å². The number of nitro groups is 1. The summed E-state index contributed by atoms with van der Waals surface area (Å²) in [4.78, 5) is 20.7. The van der Waals surface area contributed by atoms with Gasteiger partial charge in [0.1, 0.15) is 0 Å². The number of methoxy groups -OCH3 is 1. The van der Waals surface area contributed by atoms with Gasteiger partial charge in [0, 0.05) is 30.4 Å². The number of rotatable bonds is 8. The number of nitrogens with two attached hydrogens (primary N) is 1. The second-order valence-corrected chi connectivity index (χ2v) is 3.34. The lowest BCUT2D eigenvalue weighted by Crippen LogP contribution is -2.20. The van der Waals surface area contributed by atoms with E-state index in [1.807, 2.05) is 0 Å². The average Bonchev–Trinajstić information content (AvgIpc) is 2.38. The quantitative estimate of drug-likeness (QED) is 0.218. The summed E-state index contributed by atoms with van der Waals surface area (Å²) < 4.78 is 4.39. The second kappa shape index (κ2) is 9.60. The first-order chi connectivity index (χ1) is 8.99. The van der Waals surface area contributed by atoms with E-state index in [0.29, 0.717) is 18.8 Å². The molecule has 0 aliphatic heterocycles. The van der Waals surface area contributed by atoms with Crippen LogP contribution in [-0.4, -0.2) is 31.1 Å². The first-order valence-corrected chi connectivity index (χ1v) is 5.42. The topological polar surface area (TPSA) is 107 Å². The molecule has 0 rings (SSSR count). The van der Waals surface area contributed by atoms with Crippen LogP contribution in [0.25, 0.3) is 0 Å². The van der Waals surface area contributed by atoms with Crippen LogP contribution >= 0.6 is 0 Å². The molecule has 0 saturated carbocycles. The molecule has 0 aliphatic rings. The summed E-state index contributed by atoms with van der Waals surface area (Å²) in [6.45, 7) is 4.69. The number of nitrogens with one attached hydrogen (secondary N) is 1. The Morgan fingerprint density at radius 3 is 2.58 bits per heavy atom. The molecule has 0 saturated heterocycles. The molecule has 0 aromatic heterocycles. The third-order valence-electron chi connectivity index (χ3n) is 1.84. The van der Waals surface area contributed by atoms with E-state index < -0.39 is 10.9 Å². The first kappa shape index (κ1) is 16.6. The van der Waals surface area contributed by atoms with Crippen LogP contribution in [0.4, 0.5) is 0 Å². The number of hydrogen-bond donors (Lipinski definition) is 2. The van der Waals surface area contributed by atoms with Crippen LogP contribution in [0, 0.1) is 10.1 Å². The number of carbonyl (C=O) groups excluding carboxylic acids is 1. The predicted octanol–water partition coefficient (Wildman–Crippen LogP) is 0.494. The predicted molar refractivity (Wildman–Crippen MR) is 71.6 cm³/mol. The van der Waals surface area contributed by atoms with Crippen LogP contribution in [0.5, 0.6) is 0 Å². The lowest BCUT2D eigenvalue weighted by molar-refractivity contribution is -0.403. The number of carbonyl (C=O) groups is 1. The number of allylic oxidation sites excluding steroid dienone is 4. The number of esters is 1. The molecule has 0 fully saturated rings. The van der Waals surface area contributed by atoms with Crippen molar-refractivity contribution >= 4 is 5.97 Å². The summed E-state index contributed by atoms with van der Waals surface area (Å²) >= 11 is 0. The Kier molecular flexibility index (Phi) is 8.38. The molecule has 0 amide bonds. The van der Waals surface area contributed by atoms with Crippen molar-refractivity contribution in [3.63, 3.8) is 0 Å². The lowest BCUT2D eigenvalue weighted by atomic mass is 10.2. The summed E-state index contributed by atoms with van der Waals surface area (Å²) in [6, 6.07) is 0. The molecule has 0 aliphatic carbocycles. The highest BCUT2D eigenvalue weighted by atomic mass is 16.6. The average molecular weight is 267 g/mol. The standard InChI is InChI=1S/C12H17N3O4/c1-10(14-8-7-13)3-4-11(9-15(17)18)5-6-12(16)19-2/h3-6,9,14H,1,7-8,13H2,2H3/b4-3-,6-5+,11-9?. The van der Waals surface area contributed by atoms with Crippen molar-refractivity contribution in [2.45, 2.75) is 0 Å². The molecule has 0 aromatic rings. The molecular formula is C12H17N3O4. The molecule has 0 unspecified atom stereocenters. The minimum atomic E-state index is -0.614. The van der Waals surface area contributed by atoms with Gasteiger partial charge in [-0.25, -0.2) is 4.79 Å². The summed E-state index contributed by atoms with van der Waals surface area (Å²) in [6.07, 6.45) is 6.14. The maximum absolute atomic E-state index is 10.9. The normalized spacial score (nSPS) is 11.8. The zero-order valence-electron chi connectivity index (χ0n) is 10.7. The number of nitrogens with zero attached hydrogens (tertiary/aromatic N) is 1. The summed E-state index contributed by atoms with van der Waals surface area (Å²) in [5.74, 6) is -0.595. The molecule has 7 nitrogen and oxygen atoms in total. The van der Waals surface area contributed by atoms with Gasteiger partial charge in [-0.2, -0.15) is 0 Å². The van der Waals surface area contributed by atoms with Crippen molar-refractivity contribution in [2.24, 2.45) is 5.73 Å². The van der Waals surface area contributed by atoms with Gasteiger partial charge in [-0.1, -0.05) is 6.58 Å². The fourth-order valence-electron chi connectivity index (χ4n) is 0.984. The minimum Gasteiger partial charge on any atom is -0.466 e. The molecule has 19 heavy (non-hydrogen) atoms. The van der Waals surface area contributed by atoms with E-state index in [4.69, 9.17) is 5.73 Å². The van der Waals surface area contributed by atoms with Gasteiger partial charge in [0.25, 0.3) is 0 Å². The van der Waals surface area contributed by atoms with Crippen LogP contribution in [0.3, 0.4) is 0 Å². The van der Waals surface area contributed by atoms with Crippen LogP contribution in [0.2, 0.25) is 0 Å². The summed E-state index contributed by atoms with van der Waals surface area (Å²) in [5.41, 5.74) is 6.09. The summed E-state index contributed by atoms with van der Waals surface area (Å²) in [5, 5.41) is 13.3. The molecule has 0 spiro atoms. The fourth-order valence-corrected chi connectivity index (χ4v) is 0.984. The highest BCUT2D eigenvalue weighted by Crippen LogP contribution is 2.02. The van der Waals surface area contributed by atoms with Gasteiger partial charge < -0.3 is 15.8 Å². The van der Waals surface area contributed by atoms with Crippen molar-refractivity contribution in [2.75, 3.05) is 20.2 Å². The second-order valence-electron chi connectivity index (χ2n) is 3.34. The maximum atomic E-state index is 10.9. The zero-order chi connectivity index (χ0) is 14.7. The van der Waals surface area contributed by atoms with E-state index in [-0.39, 0.29) is 5.57 Å². The van der Waals surface area contributed by atoms with Crippen LogP contribution in [0.1, 0.15) is 0 Å². The monoisotopic (exact) mass is 267 g/mol. The van der Waals surface area contributed by atoms with Gasteiger partial charge in [0.05, 0.1) is 12.0 Å². The fraction of sp³-hybridized carbons (Fsp3) is 0.250. The molecule has 0 aromatic carbocycles. The lowest BCUT2D eigenvalue weighted by Gasteiger charge is -2.02. The van der Waals surface area contributed by atoms with Gasteiger partial charge in [-0.15, -0.1) is 0 Å². The molecule has 7 heteroatoms. The molecule has 0 atom stereocenters.